The van der Waals surface area contributed by atoms with Crippen LogP contribution in [0.15, 0.2) is 17.5 Å². The van der Waals surface area contributed by atoms with Crippen molar-refractivity contribution in [2.45, 2.75) is 13.3 Å². The average Bonchev–Trinajstić information content (AvgIpc) is 2.90. The van der Waals surface area contributed by atoms with Crippen molar-refractivity contribution in [2.24, 2.45) is 0 Å². The number of aryl methyl sites for hydroxylation is 1. The van der Waals surface area contributed by atoms with Gasteiger partial charge in [0.15, 0.2) is 17.3 Å². The lowest BCUT2D eigenvalue weighted by Crippen LogP contribution is -2.08. The van der Waals surface area contributed by atoms with E-state index in [0.717, 1.165) is 10.7 Å². The lowest BCUT2D eigenvalue weighted by Gasteiger charge is -2.14. The first kappa shape index (κ1) is 15.3. The van der Waals surface area contributed by atoms with E-state index in [-0.39, 0.29) is 12.2 Å². The number of benzene rings is 1. The van der Waals surface area contributed by atoms with Crippen LogP contribution in [0.5, 0.6) is 17.2 Å². The molecule has 5 nitrogen and oxygen atoms in total. The molecule has 1 aromatic heterocycles. The van der Waals surface area contributed by atoms with Crippen molar-refractivity contribution in [1.29, 1.82) is 0 Å². The van der Waals surface area contributed by atoms with Crippen LogP contribution in [0.1, 0.15) is 21.1 Å². The highest BCUT2D eigenvalue weighted by atomic mass is 32.1. The van der Waals surface area contributed by atoms with Crippen LogP contribution in [-0.2, 0) is 6.42 Å². The molecular weight excluding hydrogens is 290 g/mol. The molecule has 2 rings (SSSR count). The molecule has 0 atom stereocenters. The number of thiazole rings is 1. The number of carbonyl (C=O) groups excluding carboxylic acids is 1. The summed E-state index contributed by atoms with van der Waals surface area (Å²) in [6, 6.07) is 3.38. The summed E-state index contributed by atoms with van der Waals surface area (Å²) in [6.45, 7) is 1.91. The minimum absolute atomic E-state index is 0.0712. The molecule has 0 bridgehead atoms. The van der Waals surface area contributed by atoms with Crippen molar-refractivity contribution in [3.05, 3.63) is 33.8 Å². The number of ether oxygens (including phenoxy) is 3. The van der Waals surface area contributed by atoms with Crippen LogP contribution in [0.3, 0.4) is 0 Å². The molecule has 0 unspecified atom stereocenters. The molecule has 0 spiro atoms. The maximum Gasteiger partial charge on any atom is 0.204 e. The summed E-state index contributed by atoms with van der Waals surface area (Å²) < 4.78 is 15.8. The second-order valence-electron chi connectivity index (χ2n) is 4.34. The van der Waals surface area contributed by atoms with E-state index in [0.29, 0.717) is 22.8 Å². The van der Waals surface area contributed by atoms with Crippen LogP contribution < -0.4 is 14.2 Å². The normalized spacial score (nSPS) is 10.3. The number of carbonyl (C=O) groups is 1. The third kappa shape index (κ3) is 3.16. The fourth-order valence-corrected chi connectivity index (χ4v) is 2.68. The molecule has 0 amide bonds. The van der Waals surface area contributed by atoms with Crippen molar-refractivity contribution in [3.8, 4) is 17.2 Å². The second-order valence-corrected chi connectivity index (χ2v) is 5.40. The van der Waals surface area contributed by atoms with E-state index in [1.807, 2.05) is 12.3 Å². The molecule has 2 aromatic rings. The third-order valence-electron chi connectivity index (χ3n) is 3.01. The van der Waals surface area contributed by atoms with Crippen molar-refractivity contribution >= 4 is 17.1 Å². The van der Waals surface area contributed by atoms with Crippen LogP contribution in [-0.4, -0.2) is 32.1 Å². The Kier molecular flexibility index (Phi) is 4.80. The van der Waals surface area contributed by atoms with Gasteiger partial charge in [-0.1, -0.05) is 0 Å². The van der Waals surface area contributed by atoms with Crippen LogP contribution in [0, 0.1) is 6.92 Å². The molecule has 1 heterocycles. The zero-order chi connectivity index (χ0) is 15.4. The minimum Gasteiger partial charge on any atom is -0.493 e. The number of ketones is 1. The molecular formula is C15H17NO4S. The fourth-order valence-electron chi connectivity index (χ4n) is 2.07. The van der Waals surface area contributed by atoms with Crippen LogP contribution in [0.2, 0.25) is 0 Å². The molecule has 0 aliphatic rings. The van der Waals surface area contributed by atoms with Crippen LogP contribution >= 0.6 is 11.3 Å². The van der Waals surface area contributed by atoms with Crippen molar-refractivity contribution in [1.82, 2.24) is 4.98 Å². The Balaban J connectivity index is 2.36. The molecule has 0 N–H and O–H groups in total. The number of aromatic nitrogens is 1. The van der Waals surface area contributed by atoms with E-state index in [2.05, 4.69) is 4.98 Å². The van der Waals surface area contributed by atoms with Gasteiger partial charge in [0.2, 0.25) is 5.75 Å². The van der Waals surface area contributed by atoms with Gasteiger partial charge in [-0.05, 0) is 19.1 Å². The lowest BCUT2D eigenvalue weighted by atomic mass is 10.0. The highest BCUT2D eigenvalue weighted by Gasteiger charge is 2.21. The Hall–Kier alpha value is -2.08. The van der Waals surface area contributed by atoms with Crippen molar-refractivity contribution < 1.29 is 19.0 Å². The van der Waals surface area contributed by atoms with Gasteiger partial charge in [0.1, 0.15) is 0 Å². The summed E-state index contributed by atoms with van der Waals surface area (Å²) in [5.74, 6) is 1.25. The number of Topliss-reactive ketones (excluding diaryl/α,β-unsaturated/α-hetero) is 1. The molecule has 0 aliphatic heterocycles. The van der Waals surface area contributed by atoms with E-state index in [1.165, 1.54) is 32.7 Å². The minimum atomic E-state index is -0.0712. The molecule has 6 heteroatoms. The first-order chi connectivity index (χ1) is 10.1. The number of nitrogens with zero attached hydrogens (tertiary/aromatic N) is 1. The van der Waals surface area contributed by atoms with Crippen molar-refractivity contribution in [2.75, 3.05) is 21.3 Å². The van der Waals surface area contributed by atoms with Crippen LogP contribution in [0.4, 0.5) is 0 Å². The number of methoxy groups -OCH3 is 3. The van der Waals surface area contributed by atoms with E-state index in [1.54, 1.807) is 12.1 Å². The predicted molar refractivity (Wildman–Crippen MR) is 81.0 cm³/mol. The number of hydrogen-bond acceptors (Lipinski definition) is 6. The summed E-state index contributed by atoms with van der Waals surface area (Å²) in [7, 11) is 4.55. The maximum absolute atomic E-state index is 12.5. The predicted octanol–water partition coefficient (Wildman–Crippen LogP) is 2.90. The fraction of sp³-hybridized carbons (Fsp3) is 0.333. The van der Waals surface area contributed by atoms with Crippen LogP contribution in [0.25, 0.3) is 0 Å². The van der Waals surface area contributed by atoms with Gasteiger partial charge < -0.3 is 14.2 Å². The highest BCUT2D eigenvalue weighted by Crippen LogP contribution is 2.40. The molecule has 112 valence electrons. The van der Waals surface area contributed by atoms with Gasteiger partial charge in [0.25, 0.3) is 0 Å². The monoisotopic (exact) mass is 307 g/mol. The first-order valence-electron chi connectivity index (χ1n) is 6.33. The largest absolute Gasteiger partial charge is 0.493 e. The molecule has 0 radical (unpaired) electrons. The molecule has 0 aliphatic carbocycles. The smallest absolute Gasteiger partial charge is 0.204 e. The number of hydrogen-bond donors (Lipinski definition) is 0. The van der Waals surface area contributed by atoms with Crippen molar-refractivity contribution in [3.63, 3.8) is 0 Å². The van der Waals surface area contributed by atoms with Gasteiger partial charge in [-0.15, -0.1) is 11.3 Å². The summed E-state index contributed by atoms with van der Waals surface area (Å²) in [6.07, 6.45) is 0.232. The number of rotatable bonds is 6. The molecule has 21 heavy (non-hydrogen) atoms. The Bertz CT molecular complexity index is 651. The molecule has 0 fully saturated rings. The lowest BCUT2D eigenvalue weighted by molar-refractivity contribution is 0.0988. The van der Waals surface area contributed by atoms with E-state index in [4.69, 9.17) is 14.2 Å². The summed E-state index contributed by atoms with van der Waals surface area (Å²) >= 11 is 1.53. The molecule has 1 aromatic carbocycles. The van der Waals surface area contributed by atoms with Gasteiger partial charge in [-0.2, -0.15) is 0 Å². The zero-order valence-electron chi connectivity index (χ0n) is 12.4. The zero-order valence-corrected chi connectivity index (χ0v) is 13.2. The maximum atomic E-state index is 12.5. The quantitative estimate of drug-likeness (QED) is 0.768. The van der Waals surface area contributed by atoms with Gasteiger partial charge in [-0.25, -0.2) is 4.98 Å². The SMILES string of the molecule is COc1ccc(C(=O)Cc2csc(C)n2)c(OC)c1OC. The first-order valence-corrected chi connectivity index (χ1v) is 7.21. The van der Waals surface area contributed by atoms with E-state index < -0.39 is 0 Å². The standard InChI is InChI=1S/C15H17NO4S/c1-9-16-10(8-21-9)7-12(17)11-5-6-13(18-2)15(20-4)14(11)19-3/h5-6,8H,7H2,1-4H3. The third-order valence-corrected chi connectivity index (χ3v) is 3.84. The second kappa shape index (κ2) is 6.58. The molecule has 0 saturated carbocycles. The van der Waals surface area contributed by atoms with Gasteiger partial charge in [0.05, 0.1) is 44.0 Å². The Morgan fingerprint density at radius 2 is 1.86 bits per heavy atom. The Labute approximate surface area is 127 Å². The Morgan fingerprint density at radius 1 is 1.14 bits per heavy atom. The summed E-state index contributed by atoms with van der Waals surface area (Å²) in [5, 5.41) is 2.83. The average molecular weight is 307 g/mol. The van der Waals surface area contributed by atoms with E-state index in [9.17, 15) is 4.79 Å². The van der Waals surface area contributed by atoms with Gasteiger partial charge in [-0.3, -0.25) is 4.79 Å². The van der Waals surface area contributed by atoms with Gasteiger partial charge in [0, 0.05) is 5.38 Å². The summed E-state index contributed by atoms with van der Waals surface area (Å²) in [4.78, 5) is 16.8. The molecule has 0 saturated heterocycles. The Morgan fingerprint density at radius 3 is 2.38 bits per heavy atom. The van der Waals surface area contributed by atoms with Gasteiger partial charge >= 0.3 is 0 Å². The summed E-state index contributed by atoms with van der Waals surface area (Å²) in [5.41, 5.74) is 1.22. The topological polar surface area (TPSA) is 57.7 Å². The van der Waals surface area contributed by atoms with E-state index >= 15 is 0 Å². The highest BCUT2D eigenvalue weighted by molar-refractivity contribution is 7.09.